The van der Waals surface area contributed by atoms with Gasteiger partial charge in [0.2, 0.25) is 0 Å². The van der Waals surface area contributed by atoms with Gasteiger partial charge in [0, 0.05) is 26.8 Å². The van der Waals surface area contributed by atoms with E-state index in [1.54, 1.807) is 0 Å². The summed E-state index contributed by atoms with van der Waals surface area (Å²) in [5.41, 5.74) is -1.44. The van der Waals surface area contributed by atoms with Crippen molar-refractivity contribution in [1.82, 2.24) is 13.6 Å². The number of aryl methyl sites for hydroxylation is 1. The lowest BCUT2D eigenvalue weighted by Gasteiger charge is -2.14. The molecule has 0 bridgehead atoms. The summed E-state index contributed by atoms with van der Waals surface area (Å²) in [6, 6.07) is 0. The van der Waals surface area contributed by atoms with Crippen LogP contribution in [-0.4, -0.2) is 35.2 Å². The zero-order chi connectivity index (χ0) is 13.5. The van der Waals surface area contributed by atoms with E-state index in [1.807, 2.05) is 0 Å². The molecule has 1 aliphatic heterocycles. The third-order valence-electron chi connectivity index (χ3n) is 2.68. The highest BCUT2D eigenvalue weighted by molar-refractivity contribution is 7.89. The zero-order valence-corrected chi connectivity index (χ0v) is 10.8. The molecule has 100 valence electrons. The van der Waals surface area contributed by atoms with E-state index in [1.165, 1.54) is 14.1 Å². The molecule has 0 amide bonds. The molecule has 0 spiro atoms. The summed E-state index contributed by atoms with van der Waals surface area (Å²) in [5, 5.41) is 0. The Morgan fingerprint density at radius 2 is 1.94 bits per heavy atom. The van der Waals surface area contributed by atoms with E-state index in [0.717, 1.165) is 19.8 Å². The monoisotopic (exact) mass is 275 g/mol. The van der Waals surface area contributed by atoms with Crippen molar-refractivity contribution in [3.05, 3.63) is 27.0 Å². The topological polar surface area (TPSA) is 90.6 Å². The Morgan fingerprint density at radius 1 is 1.28 bits per heavy atom. The smallest absolute Gasteiger partial charge is 0.302 e. The zero-order valence-electron chi connectivity index (χ0n) is 9.99. The van der Waals surface area contributed by atoms with Crippen LogP contribution in [0.5, 0.6) is 0 Å². The average Bonchev–Trinajstić information content (AvgIpc) is 2.85. The molecule has 2 rings (SSSR count). The van der Waals surface area contributed by atoms with Crippen LogP contribution in [0.25, 0.3) is 0 Å². The van der Waals surface area contributed by atoms with Gasteiger partial charge in [0.05, 0.1) is 6.61 Å². The second-order valence-electron chi connectivity index (χ2n) is 3.97. The number of nitrogens with zero attached hydrogens (tertiary/aromatic N) is 3. The number of hydrogen-bond donors (Lipinski definition) is 0. The van der Waals surface area contributed by atoms with Crippen LogP contribution in [-0.2, 0) is 29.0 Å². The minimum atomic E-state index is -4.01. The van der Waals surface area contributed by atoms with Gasteiger partial charge in [-0.1, -0.05) is 4.47 Å². The lowest BCUT2D eigenvalue weighted by atomic mass is 10.5. The molecule has 1 aromatic heterocycles. The Hall–Kier alpha value is -1.45. The molecule has 0 aromatic carbocycles. The van der Waals surface area contributed by atoms with Crippen LogP contribution in [0.2, 0.25) is 0 Å². The van der Waals surface area contributed by atoms with Crippen LogP contribution in [0.15, 0.2) is 20.7 Å². The first-order chi connectivity index (χ1) is 8.35. The predicted molar refractivity (Wildman–Crippen MR) is 61.4 cm³/mol. The first kappa shape index (κ1) is 13.0. The van der Waals surface area contributed by atoms with E-state index in [2.05, 4.69) is 0 Å². The molecule has 1 fully saturated rings. The summed E-state index contributed by atoms with van der Waals surface area (Å²) in [4.78, 5) is 27.8. The van der Waals surface area contributed by atoms with Crippen LogP contribution < -0.4 is 11.2 Å². The highest BCUT2D eigenvalue weighted by Crippen LogP contribution is 2.16. The van der Waals surface area contributed by atoms with Gasteiger partial charge in [-0.05, 0) is 6.42 Å². The van der Waals surface area contributed by atoms with E-state index < -0.39 is 26.2 Å². The van der Waals surface area contributed by atoms with Crippen LogP contribution in [0.4, 0.5) is 0 Å². The molecule has 2 heterocycles. The van der Waals surface area contributed by atoms with Gasteiger partial charge in [0.15, 0.2) is 4.90 Å². The molecule has 0 radical (unpaired) electrons. The lowest BCUT2D eigenvalue weighted by Crippen LogP contribution is -2.41. The number of rotatable bonds is 2. The van der Waals surface area contributed by atoms with Crippen molar-refractivity contribution in [2.24, 2.45) is 14.1 Å². The summed E-state index contributed by atoms with van der Waals surface area (Å²) >= 11 is 0. The first-order valence-corrected chi connectivity index (χ1v) is 6.72. The maximum Gasteiger partial charge on any atom is 0.330 e. The van der Waals surface area contributed by atoms with E-state index in [4.69, 9.17) is 4.84 Å². The van der Waals surface area contributed by atoms with Crippen LogP contribution >= 0.6 is 0 Å². The molecular weight excluding hydrogens is 262 g/mol. The molecule has 0 aliphatic carbocycles. The summed E-state index contributed by atoms with van der Waals surface area (Å²) in [5.74, 6) is 0. The molecule has 1 saturated heterocycles. The Morgan fingerprint density at radius 3 is 2.50 bits per heavy atom. The van der Waals surface area contributed by atoms with E-state index in [0.29, 0.717) is 13.0 Å². The van der Waals surface area contributed by atoms with Crippen molar-refractivity contribution < 1.29 is 13.3 Å². The summed E-state index contributed by atoms with van der Waals surface area (Å²) < 4.78 is 26.9. The van der Waals surface area contributed by atoms with Gasteiger partial charge >= 0.3 is 5.69 Å². The number of aromatic nitrogens is 2. The van der Waals surface area contributed by atoms with Crippen LogP contribution in [0.3, 0.4) is 0 Å². The third kappa shape index (κ3) is 1.89. The van der Waals surface area contributed by atoms with Crippen LogP contribution in [0, 0.1) is 0 Å². The second-order valence-corrected chi connectivity index (χ2v) is 5.77. The van der Waals surface area contributed by atoms with E-state index in [-0.39, 0.29) is 6.54 Å². The molecule has 1 aromatic rings. The Kier molecular flexibility index (Phi) is 3.13. The minimum absolute atomic E-state index is 0.203. The second kappa shape index (κ2) is 4.34. The minimum Gasteiger partial charge on any atom is -0.302 e. The van der Waals surface area contributed by atoms with Crippen LogP contribution in [0.1, 0.15) is 6.42 Å². The van der Waals surface area contributed by atoms with Gasteiger partial charge in [-0.3, -0.25) is 14.2 Å². The van der Waals surface area contributed by atoms with Crippen molar-refractivity contribution in [2.75, 3.05) is 13.2 Å². The van der Waals surface area contributed by atoms with E-state index >= 15 is 0 Å². The van der Waals surface area contributed by atoms with Crippen molar-refractivity contribution in [3.8, 4) is 0 Å². The van der Waals surface area contributed by atoms with Gasteiger partial charge in [-0.25, -0.2) is 13.2 Å². The molecule has 0 atom stereocenters. The molecule has 8 nitrogen and oxygen atoms in total. The van der Waals surface area contributed by atoms with Gasteiger partial charge in [-0.15, -0.1) is 0 Å². The fourth-order valence-corrected chi connectivity index (χ4v) is 3.13. The molecule has 0 saturated carbocycles. The van der Waals surface area contributed by atoms with Gasteiger partial charge in [0.1, 0.15) is 0 Å². The van der Waals surface area contributed by atoms with Gasteiger partial charge < -0.3 is 4.57 Å². The molecule has 0 N–H and O–H groups in total. The molecule has 0 unspecified atom stereocenters. The largest absolute Gasteiger partial charge is 0.330 e. The summed E-state index contributed by atoms with van der Waals surface area (Å²) in [7, 11) is -1.40. The standard InChI is InChI=1S/C9H13N3O5S/c1-10-6-7(8(13)11(2)9(10)14)18(15,16)12-4-3-5-17-12/h6H,3-5H2,1-2H3. The van der Waals surface area contributed by atoms with E-state index in [9.17, 15) is 18.0 Å². The Labute approximate surface area is 103 Å². The lowest BCUT2D eigenvalue weighted by molar-refractivity contribution is -0.0285. The average molecular weight is 275 g/mol. The third-order valence-corrected chi connectivity index (χ3v) is 4.34. The summed E-state index contributed by atoms with van der Waals surface area (Å²) in [6.45, 7) is 0.500. The van der Waals surface area contributed by atoms with Crippen molar-refractivity contribution in [3.63, 3.8) is 0 Å². The highest BCUT2D eigenvalue weighted by Gasteiger charge is 2.32. The van der Waals surface area contributed by atoms with Gasteiger partial charge in [0.25, 0.3) is 15.6 Å². The Bertz CT molecular complexity index is 681. The SMILES string of the molecule is Cn1cc(S(=O)(=O)N2CCCO2)c(=O)n(C)c1=O. The summed E-state index contributed by atoms with van der Waals surface area (Å²) in [6.07, 6.45) is 1.59. The molecule has 18 heavy (non-hydrogen) atoms. The molecule has 9 heteroatoms. The number of sulfonamides is 1. The van der Waals surface area contributed by atoms with Crippen molar-refractivity contribution in [1.29, 1.82) is 0 Å². The molecular formula is C9H13N3O5S. The number of hydroxylamine groups is 1. The Balaban J connectivity index is 2.65. The first-order valence-electron chi connectivity index (χ1n) is 5.28. The quantitative estimate of drug-likeness (QED) is 0.649. The number of hydrogen-bond acceptors (Lipinski definition) is 5. The predicted octanol–water partition coefficient (Wildman–Crippen LogP) is -1.59. The fourth-order valence-electron chi connectivity index (χ4n) is 1.68. The van der Waals surface area contributed by atoms with Crippen molar-refractivity contribution in [2.45, 2.75) is 11.3 Å². The maximum atomic E-state index is 12.1. The van der Waals surface area contributed by atoms with Gasteiger partial charge in [-0.2, -0.15) is 0 Å². The normalized spacial score (nSPS) is 17.2. The van der Waals surface area contributed by atoms with Crippen molar-refractivity contribution >= 4 is 10.0 Å². The fraction of sp³-hybridized carbons (Fsp3) is 0.556. The molecule has 1 aliphatic rings. The maximum absolute atomic E-state index is 12.1. The highest BCUT2D eigenvalue weighted by atomic mass is 32.2.